The zero-order chi connectivity index (χ0) is 64.4. The van der Waals surface area contributed by atoms with E-state index in [4.69, 9.17) is 66.3 Å². The van der Waals surface area contributed by atoms with Crippen LogP contribution in [0, 0.1) is 0 Å². The van der Waals surface area contributed by atoms with Gasteiger partial charge in [0.25, 0.3) is 0 Å². The van der Waals surface area contributed by atoms with E-state index in [1.54, 1.807) is 0 Å². The first-order chi connectivity index (χ1) is 46.7. The van der Waals surface area contributed by atoms with Gasteiger partial charge in [0.15, 0.2) is 0 Å². The second kappa shape index (κ2) is 49.9. The summed E-state index contributed by atoms with van der Waals surface area (Å²) < 4.78 is 73.8. The maximum Gasteiger partial charge on any atom is 0.0701 e. The van der Waals surface area contributed by atoms with E-state index >= 15 is 0 Å². The van der Waals surface area contributed by atoms with Crippen molar-refractivity contribution in [3.05, 3.63) is 194 Å². The third kappa shape index (κ3) is 30.4. The minimum Gasteiger partial charge on any atom is -0.381 e. The van der Waals surface area contributed by atoms with Gasteiger partial charge < -0.3 is 66.3 Å². The smallest absolute Gasteiger partial charge is 0.0701 e. The van der Waals surface area contributed by atoms with Gasteiger partial charge in [0, 0.05) is 129 Å². The molecule has 26 aliphatic rings. The Balaban J connectivity index is 0.000000222. The molecule has 2 radical (unpaired) electrons. The fourth-order valence-corrected chi connectivity index (χ4v) is 10.5. The van der Waals surface area contributed by atoms with Gasteiger partial charge in [-0.05, 0) is 115 Å². The van der Waals surface area contributed by atoms with Crippen LogP contribution in [0.2, 0.25) is 0 Å². The Morgan fingerprint density at radius 1 is 0.104 bits per heavy atom. The van der Waals surface area contributed by atoms with Crippen molar-refractivity contribution in [2.75, 3.05) is 185 Å². The van der Waals surface area contributed by atoms with E-state index < -0.39 is 0 Å². The first-order valence-corrected chi connectivity index (χ1v) is 33.7. The largest absolute Gasteiger partial charge is 0.381 e. The molecule has 4 fully saturated rings. The number of ether oxygens (including phenoxy) is 14. The van der Waals surface area contributed by atoms with E-state index in [-0.39, 0.29) is 103 Å². The molecule has 22 aliphatic carbocycles. The van der Waals surface area contributed by atoms with Gasteiger partial charge in [-0.3, -0.25) is 0 Å². The number of hydrogen-bond acceptors (Lipinski definition) is 14. The minimum atomic E-state index is 0. The topological polar surface area (TPSA) is 129 Å². The fraction of sp³-hybridized carbons (Fsp3) is 0.400. The predicted octanol–water partition coefficient (Wildman–Crippen LogP) is 14.4. The second-order valence-corrected chi connectivity index (χ2v) is 22.6. The summed E-state index contributed by atoms with van der Waals surface area (Å²) in [5.74, 6) is 0. The maximum atomic E-state index is 5.33. The predicted molar refractivity (Wildman–Crippen MR) is 385 cm³/mol. The molecule has 16 bridgehead atoms. The Labute approximate surface area is 655 Å². The Morgan fingerprint density at radius 3 is 0.219 bits per heavy atom. The van der Waals surface area contributed by atoms with Crippen LogP contribution in [0.3, 0.4) is 0 Å². The van der Waals surface area contributed by atoms with Crippen molar-refractivity contribution in [3.63, 3.8) is 0 Å². The standard InChI is InChI=1S/C48H32.2C12H24O6.2C4H8O.2K/c1-2-34-4-3-33(1)35-5-7-37(8-6-35)39-13-15-41(16-14-39)43-21-23-45(24-22-43)47-29-31-48(32-30-47)46-27-25-44(26-28-46)42-19-17-40(18-20-42)38-11-9-36(34)10-12-38;2*1-2-14-5-6-16-9-10-18-12-11-17-8-7-15-4-3-13-1;2*1-2-4-5-3-1;;/h1-32H;2*1-12H2;2*1-4H2;;. The van der Waals surface area contributed by atoms with Crippen molar-refractivity contribution < 1.29 is 66.3 Å². The van der Waals surface area contributed by atoms with Gasteiger partial charge in [-0.25, -0.2) is 0 Å². The van der Waals surface area contributed by atoms with Crippen LogP contribution < -0.4 is 0 Å². The van der Waals surface area contributed by atoms with E-state index in [9.17, 15) is 0 Å². The van der Waals surface area contributed by atoms with Crippen molar-refractivity contribution in [2.45, 2.75) is 25.7 Å². The SMILES string of the molecule is C1CCOC1.C1CCOC1.C1COCCOCCOCCOCCOCCO1.C1COCCOCCOCCOCCOCCO1.[K].[K].c1cc2ccc1-c1ccc(cc1)-c1ccc(cc1)-c1ccc(cc1)-c1ccc(cc1)-c1ccc(cc1)-c1ccc(cc1)-c1ccc-2cc1. The van der Waals surface area contributed by atoms with Crippen LogP contribution in [-0.2, 0) is 66.3 Å². The monoisotopic (exact) mass is 1360 g/mol. The molecule has 0 amide bonds. The molecular weight excluding hydrogens is 1260 g/mol. The molecule has 0 saturated carbocycles. The molecule has 0 atom stereocenters. The first-order valence-electron chi connectivity index (χ1n) is 33.7. The van der Waals surface area contributed by atoms with Gasteiger partial charge in [-0.2, -0.15) is 0 Å². The van der Waals surface area contributed by atoms with Crippen LogP contribution >= 0.6 is 0 Å². The van der Waals surface area contributed by atoms with Crippen molar-refractivity contribution in [3.8, 4) is 89.0 Å². The molecule has 502 valence electrons. The van der Waals surface area contributed by atoms with E-state index in [1.807, 2.05) is 0 Å². The Bertz CT molecular complexity index is 2320. The molecule has 8 aromatic rings. The fourth-order valence-electron chi connectivity index (χ4n) is 10.5. The third-order valence-electron chi connectivity index (χ3n) is 15.9. The maximum absolute atomic E-state index is 5.33. The van der Waals surface area contributed by atoms with E-state index in [0.717, 1.165) is 26.4 Å². The average Bonchev–Trinajstić information content (AvgIpc) is 1.75. The average molecular weight is 1360 g/mol. The molecule has 0 unspecified atom stereocenters. The molecule has 34 rings (SSSR count). The zero-order valence-electron chi connectivity index (χ0n) is 56.8. The normalized spacial score (nSPS) is 17.2. The Hall–Kier alpha value is -3.53. The molecule has 0 aromatic heterocycles. The van der Waals surface area contributed by atoms with Crippen molar-refractivity contribution in [1.29, 1.82) is 0 Å². The summed E-state index contributed by atoms with van der Waals surface area (Å²) >= 11 is 0. The first kappa shape index (κ1) is 79.8. The van der Waals surface area contributed by atoms with Crippen molar-refractivity contribution in [2.24, 2.45) is 0 Å². The molecule has 4 aliphatic heterocycles. The molecule has 4 heterocycles. The zero-order valence-corrected chi connectivity index (χ0v) is 63.1. The third-order valence-corrected chi connectivity index (χ3v) is 15.9. The summed E-state index contributed by atoms with van der Waals surface area (Å²) in [4.78, 5) is 0. The number of hydrogen-bond donors (Lipinski definition) is 0. The van der Waals surface area contributed by atoms with Gasteiger partial charge in [0.2, 0.25) is 0 Å². The summed E-state index contributed by atoms with van der Waals surface area (Å²) in [5, 5.41) is 0. The Kier molecular flexibility index (Phi) is 41.5. The van der Waals surface area contributed by atoms with Crippen molar-refractivity contribution >= 4 is 103 Å². The van der Waals surface area contributed by atoms with Crippen LogP contribution in [0.5, 0.6) is 0 Å². The summed E-state index contributed by atoms with van der Waals surface area (Å²) in [7, 11) is 0. The molecule has 0 spiro atoms. The van der Waals surface area contributed by atoms with Crippen LogP contribution in [0.4, 0.5) is 0 Å². The summed E-state index contributed by atoms with van der Waals surface area (Å²) in [6.07, 6.45) is 5.11. The van der Waals surface area contributed by atoms with Gasteiger partial charge in [0.05, 0.1) is 159 Å². The molecular formula is C80H96K2O14. The van der Waals surface area contributed by atoms with E-state index in [2.05, 4.69) is 194 Å². The van der Waals surface area contributed by atoms with Gasteiger partial charge in [-0.15, -0.1) is 0 Å². The molecule has 96 heavy (non-hydrogen) atoms. The van der Waals surface area contributed by atoms with Gasteiger partial charge in [-0.1, -0.05) is 194 Å². The van der Waals surface area contributed by atoms with E-state index in [1.165, 1.54) is 115 Å². The van der Waals surface area contributed by atoms with E-state index in [0.29, 0.717) is 159 Å². The van der Waals surface area contributed by atoms with Crippen molar-refractivity contribution in [1.82, 2.24) is 0 Å². The number of rotatable bonds is 0. The summed E-state index contributed by atoms with van der Waals surface area (Å²) in [5.41, 5.74) is 19.5. The second-order valence-electron chi connectivity index (χ2n) is 22.6. The molecule has 4 saturated heterocycles. The molecule has 8 aromatic carbocycles. The Morgan fingerprint density at radius 2 is 0.167 bits per heavy atom. The minimum absolute atomic E-state index is 0. The molecule has 0 N–H and O–H groups in total. The summed E-state index contributed by atoms with van der Waals surface area (Å²) in [6, 6.07) is 71.1. The quantitative estimate of drug-likeness (QED) is 0.134. The van der Waals surface area contributed by atoms with Crippen LogP contribution in [-0.4, -0.2) is 288 Å². The van der Waals surface area contributed by atoms with Crippen LogP contribution in [0.25, 0.3) is 89.0 Å². The van der Waals surface area contributed by atoms with Crippen LogP contribution in [0.1, 0.15) is 25.7 Å². The van der Waals surface area contributed by atoms with Crippen LogP contribution in [0.15, 0.2) is 194 Å². The number of benzene rings is 8. The van der Waals surface area contributed by atoms with Gasteiger partial charge >= 0.3 is 0 Å². The summed E-state index contributed by atoms with van der Waals surface area (Å²) in [6.45, 7) is 18.1. The molecule has 16 heteroatoms. The molecule has 14 nitrogen and oxygen atoms in total. The van der Waals surface area contributed by atoms with Gasteiger partial charge in [0.1, 0.15) is 0 Å².